The van der Waals surface area contributed by atoms with Gasteiger partial charge in [-0.2, -0.15) is 0 Å². The van der Waals surface area contributed by atoms with Gasteiger partial charge in [-0.25, -0.2) is 0 Å². The Bertz CT molecular complexity index is 81.6. The van der Waals surface area contributed by atoms with Gasteiger partial charge in [-0.15, -0.1) is 0 Å². The number of carbonyl (C=O) groups is 1. The standard InChI is InChI=1S/C5H13N.C4H8O/c1-5(2)6(3)4;1-4(2)3-5/h5H,1-4H3;3-4H,1-2H3. The number of aldehydes is 1. The Labute approximate surface area is 70.6 Å². The van der Waals surface area contributed by atoms with Gasteiger partial charge in [0.2, 0.25) is 0 Å². The summed E-state index contributed by atoms with van der Waals surface area (Å²) in [4.78, 5) is 11.7. The molecule has 0 aliphatic rings. The van der Waals surface area contributed by atoms with Crippen LogP contribution in [0.25, 0.3) is 0 Å². The van der Waals surface area contributed by atoms with E-state index in [-0.39, 0.29) is 5.92 Å². The molecule has 11 heavy (non-hydrogen) atoms. The van der Waals surface area contributed by atoms with Gasteiger partial charge in [0.25, 0.3) is 0 Å². The van der Waals surface area contributed by atoms with Crippen molar-refractivity contribution in [3.8, 4) is 0 Å². The number of hydrogen-bond acceptors (Lipinski definition) is 2. The molecule has 0 aromatic rings. The highest BCUT2D eigenvalue weighted by Crippen LogP contribution is 1.84. The first-order valence-electron chi connectivity index (χ1n) is 4.03. The summed E-state index contributed by atoms with van der Waals surface area (Å²) in [5.41, 5.74) is 0. The maximum absolute atomic E-state index is 9.50. The van der Waals surface area contributed by atoms with Crippen molar-refractivity contribution in [3.05, 3.63) is 0 Å². The van der Waals surface area contributed by atoms with E-state index in [0.717, 1.165) is 6.29 Å². The van der Waals surface area contributed by atoms with Crippen LogP contribution in [0.4, 0.5) is 0 Å². The number of hydrogen-bond donors (Lipinski definition) is 0. The van der Waals surface area contributed by atoms with Crippen LogP contribution in [0, 0.1) is 5.92 Å². The highest BCUT2D eigenvalue weighted by atomic mass is 16.1. The van der Waals surface area contributed by atoms with Crippen LogP contribution >= 0.6 is 0 Å². The van der Waals surface area contributed by atoms with Crippen molar-refractivity contribution < 1.29 is 4.79 Å². The molecule has 0 aliphatic heterocycles. The predicted octanol–water partition coefficient (Wildman–Crippen LogP) is 1.80. The van der Waals surface area contributed by atoms with Crippen LogP contribution in [0.5, 0.6) is 0 Å². The molecule has 0 saturated carbocycles. The predicted molar refractivity (Wildman–Crippen MR) is 49.7 cm³/mol. The Hall–Kier alpha value is -0.370. The molecule has 0 aromatic heterocycles. The maximum Gasteiger partial charge on any atom is 0.122 e. The van der Waals surface area contributed by atoms with Crippen LogP contribution < -0.4 is 0 Å². The number of carbonyl (C=O) groups excluding carboxylic acids is 1. The van der Waals surface area contributed by atoms with Crippen LogP contribution in [-0.2, 0) is 4.79 Å². The topological polar surface area (TPSA) is 20.3 Å². The van der Waals surface area contributed by atoms with Crippen LogP contribution in [-0.4, -0.2) is 31.3 Å². The summed E-state index contributed by atoms with van der Waals surface area (Å²) in [6.07, 6.45) is 0.917. The normalized spacial score (nSPS) is 9.91. The first kappa shape index (κ1) is 13.2. The third kappa shape index (κ3) is 17.7. The minimum absolute atomic E-state index is 0.204. The summed E-state index contributed by atoms with van der Waals surface area (Å²) in [6.45, 7) is 8.04. The minimum Gasteiger partial charge on any atom is -0.307 e. The maximum atomic E-state index is 9.50. The van der Waals surface area contributed by atoms with Gasteiger partial charge in [0.15, 0.2) is 0 Å². The van der Waals surface area contributed by atoms with E-state index in [1.807, 2.05) is 13.8 Å². The van der Waals surface area contributed by atoms with Crippen LogP contribution in [0.15, 0.2) is 0 Å². The monoisotopic (exact) mass is 159 g/mol. The highest BCUT2D eigenvalue weighted by Gasteiger charge is 1.90. The van der Waals surface area contributed by atoms with Gasteiger partial charge in [0, 0.05) is 12.0 Å². The summed E-state index contributed by atoms with van der Waals surface area (Å²) in [5.74, 6) is 0.204. The van der Waals surface area contributed by atoms with E-state index in [1.54, 1.807) is 0 Å². The number of rotatable bonds is 2. The lowest BCUT2D eigenvalue weighted by atomic mass is 10.3. The molecule has 2 nitrogen and oxygen atoms in total. The zero-order chi connectivity index (χ0) is 9.44. The van der Waals surface area contributed by atoms with E-state index >= 15 is 0 Å². The zero-order valence-corrected chi connectivity index (χ0v) is 8.59. The third-order valence-corrected chi connectivity index (χ3v) is 1.30. The molecule has 0 saturated heterocycles. The lowest BCUT2D eigenvalue weighted by Gasteiger charge is -2.12. The largest absolute Gasteiger partial charge is 0.307 e. The molecule has 0 unspecified atom stereocenters. The second-order valence-corrected chi connectivity index (χ2v) is 3.44. The summed E-state index contributed by atoms with van der Waals surface area (Å²) in [5, 5.41) is 0. The summed E-state index contributed by atoms with van der Waals surface area (Å²) < 4.78 is 0. The Kier molecular flexibility index (Phi) is 9.31. The van der Waals surface area contributed by atoms with Crippen LogP contribution in [0.3, 0.4) is 0 Å². The van der Waals surface area contributed by atoms with E-state index in [0.29, 0.717) is 6.04 Å². The summed E-state index contributed by atoms with van der Waals surface area (Å²) >= 11 is 0. The van der Waals surface area contributed by atoms with Crippen molar-refractivity contribution in [1.82, 2.24) is 4.90 Å². The molecule has 0 N–H and O–H groups in total. The van der Waals surface area contributed by atoms with Gasteiger partial charge in [-0.05, 0) is 27.9 Å². The second-order valence-electron chi connectivity index (χ2n) is 3.44. The molecular weight excluding hydrogens is 138 g/mol. The van der Waals surface area contributed by atoms with Crippen LogP contribution in [0.1, 0.15) is 27.7 Å². The molecule has 68 valence electrons. The van der Waals surface area contributed by atoms with Crippen LogP contribution in [0.2, 0.25) is 0 Å². The molecule has 0 bridgehead atoms. The molecule has 0 rings (SSSR count). The van der Waals surface area contributed by atoms with Gasteiger partial charge < -0.3 is 9.69 Å². The van der Waals surface area contributed by atoms with Gasteiger partial charge in [-0.1, -0.05) is 13.8 Å². The van der Waals surface area contributed by atoms with Gasteiger partial charge in [-0.3, -0.25) is 0 Å². The number of nitrogens with zero attached hydrogens (tertiary/aromatic N) is 1. The van der Waals surface area contributed by atoms with E-state index < -0.39 is 0 Å². The Morgan fingerprint density at radius 2 is 1.27 bits per heavy atom. The fraction of sp³-hybridized carbons (Fsp3) is 0.889. The van der Waals surface area contributed by atoms with Crippen molar-refractivity contribution in [2.45, 2.75) is 33.7 Å². The second kappa shape index (κ2) is 7.73. The average molecular weight is 159 g/mol. The minimum atomic E-state index is 0.204. The van der Waals surface area contributed by atoms with E-state index in [1.165, 1.54) is 0 Å². The molecule has 0 aliphatic carbocycles. The third-order valence-electron chi connectivity index (χ3n) is 1.30. The average Bonchev–Trinajstić information content (AvgIpc) is 1.89. The first-order chi connectivity index (χ1) is 4.91. The van der Waals surface area contributed by atoms with Gasteiger partial charge in [0.1, 0.15) is 6.29 Å². The summed E-state index contributed by atoms with van der Waals surface area (Å²) in [7, 11) is 4.15. The fourth-order valence-corrected chi connectivity index (χ4v) is 0. The van der Waals surface area contributed by atoms with Crippen molar-refractivity contribution in [2.75, 3.05) is 14.1 Å². The molecule has 0 radical (unpaired) electrons. The first-order valence-corrected chi connectivity index (χ1v) is 4.03. The Morgan fingerprint density at radius 3 is 1.27 bits per heavy atom. The molecule has 0 amide bonds. The van der Waals surface area contributed by atoms with Gasteiger partial charge >= 0.3 is 0 Å². The molecular formula is C9H21NO. The smallest absolute Gasteiger partial charge is 0.122 e. The van der Waals surface area contributed by atoms with E-state index in [4.69, 9.17) is 0 Å². The highest BCUT2D eigenvalue weighted by molar-refractivity contribution is 5.51. The quantitative estimate of drug-likeness (QED) is 0.573. The Balaban J connectivity index is 0. The van der Waals surface area contributed by atoms with Crippen molar-refractivity contribution in [1.29, 1.82) is 0 Å². The lowest BCUT2D eigenvalue weighted by Crippen LogP contribution is -2.20. The van der Waals surface area contributed by atoms with E-state index in [2.05, 4.69) is 32.8 Å². The van der Waals surface area contributed by atoms with Gasteiger partial charge in [0.05, 0.1) is 0 Å². The zero-order valence-electron chi connectivity index (χ0n) is 8.59. The molecule has 0 fully saturated rings. The molecule has 0 heterocycles. The Morgan fingerprint density at radius 1 is 1.09 bits per heavy atom. The van der Waals surface area contributed by atoms with Crippen molar-refractivity contribution in [3.63, 3.8) is 0 Å². The molecule has 2 heteroatoms. The SMILES string of the molecule is CC(C)C=O.CC(C)N(C)C. The van der Waals surface area contributed by atoms with Crippen molar-refractivity contribution >= 4 is 6.29 Å². The molecule has 0 spiro atoms. The lowest BCUT2D eigenvalue weighted by molar-refractivity contribution is -0.110. The van der Waals surface area contributed by atoms with E-state index in [9.17, 15) is 4.79 Å². The molecule has 0 atom stereocenters. The van der Waals surface area contributed by atoms with Crippen molar-refractivity contribution in [2.24, 2.45) is 5.92 Å². The summed E-state index contributed by atoms with van der Waals surface area (Å²) in [6, 6.07) is 0.685. The fourth-order valence-electron chi connectivity index (χ4n) is 0. The molecule has 0 aromatic carbocycles.